The minimum atomic E-state index is -3.26. The fourth-order valence-corrected chi connectivity index (χ4v) is 4.58. The molecule has 4 heterocycles. The van der Waals surface area contributed by atoms with E-state index in [2.05, 4.69) is 37.1 Å². The first-order valence-electron chi connectivity index (χ1n) is 10.7. The standard InChI is InChI=1S/C22H23BN6O3S/c1-33(30,31)18-5-3-16(4-6-18)29-21-19(13-27-29)22(26-14-25-21)32-17-8-10-28(11-9-17)20-7-2-15(23)12-24-20/h2-7,12-14,17H,8-11,23H2,1H3. The lowest BCUT2D eigenvalue weighted by Gasteiger charge is -2.32. The molecule has 1 aromatic carbocycles. The van der Waals surface area contributed by atoms with Crippen molar-refractivity contribution in [1.82, 2.24) is 24.7 Å². The molecule has 0 spiro atoms. The van der Waals surface area contributed by atoms with Crippen molar-refractivity contribution < 1.29 is 13.2 Å². The Balaban J connectivity index is 1.32. The average molecular weight is 462 g/mol. The van der Waals surface area contributed by atoms with Crippen LogP contribution in [0.2, 0.25) is 0 Å². The van der Waals surface area contributed by atoms with Gasteiger partial charge >= 0.3 is 0 Å². The molecule has 0 amide bonds. The predicted molar refractivity (Wildman–Crippen MR) is 128 cm³/mol. The Hall–Kier alpha value is -3.47. The number of rotatable bonds is 5. The fourth-order valence-electron chi connectivity index (χ4n) is 3.95. The Morgan fingerprint density at radius 2 is 1.76 bits per heavy atom. The second-order valence-electron chi connectivity index (χ2n) is 8.24. The lowest BCUT2D eigenvalue weighted by Crippen LogP contribution is -2.39. The Morgan fingerprint density at radius 3 is 2.42 bits per heavy atom. The lowest BCUT2D eigenvalue weighted by molar-refractivity contribution is 0.166. The van der Waals surface area contributed by atoms with E-state index in [0.717, 1.165) is 37.2 Å². The summed E-state index contributed by atoms with van der Waals surface area (Å²) in [6, 6.07) is 10.7. The number of anilines is 1. The molecule has 0 radical (unpaired) electrons. The van der Waals surface area contributed by atoms with Crippen molar-refractivity contribution in [2.75, 3.05) is 24.2 Å². The summed E-state index contributed by atoms with van der Waals surface area (Å²) in [6.45, 7) is 1.72. The molecule has 0 saturated carbocycles. The summed E-state index contributed by atoms with van der Waals surface area (Å²) in [7, 11) is -1.23. The van der Waals surface area contributed by atoms with Gasteiger partial charge in [-0.15, -0.1) is 0 Å². The lowest BCUT2D eigenvalue weighted by atomic mass is 9.99. The van der Waals surface area contributed by atoms with Crippen LogP contribution in [0.15, 0.2) is 60.0 Å². The van der Waals surface area contributed by atoms with Crippen molar-refractivity contribution in [2.45, 2.75) is 23.8 Å². The molecule has 0 bridgehead atoms. The van der Waals surface area contributed by atoms with Crippen molar-refractivity contribution in [2.24, 2.45) is 0 Å². The predicted octanol–water partition coefficient (Wildman–Crippen LogP) is 0.920. The number of hydrogen-bond acceptors (Lipinski definition) is 8. The highest BCUT2D eigenvalue weighted by molar-refractivity contribution is 7.90. The van der Waals surface area contributed by atoms with Gasteiger partial charge in [-0.1, -0.05) is 11.5 Å². The molecular weight excluding hydrogens is 439 g/mol. The third-order valence-electron chi connectivity index (χ3n) is 5.78. The summed E-state index contributed by atoms with van der Waals surface area (Å²) < 4.78 is 31.4. The van der Waals surface area contributed by atoms with Crippen LogP contribution in [-0.4, -0.2) is 66.4 Å². The Bertz CT molecular complexity index is 1380. The molecule has 9 nitrogen and oxygen atoms in total. The van der Waals surface area contributed by atoms with Crippen LogP contribution in [0.3, 0.4) is 0 Å². The minimum absolute atomic E-state index is 0.0437. The molecule has 3 aromatic heterocycles. The van der Waals surface area contributed by atoms with Gasteiger partial charge in [0.25, 0.3) is 0 Å². The molecule has 168 valence electrons. The van der Waals surface area contributed by atoms with Crippen LogP contribution in [0.25, 0.3) is 16.7 Å². The first kappa shape index (κ1) is 21.4. The molecule has 0 N–H and O–H groups in total. The van der Waals surface area contributed by atoms with Crippen LogP contribution in [0.4, 0.5) is 5.82 Å². The molecule has 11 heteroatoms. The van der Waals surface area contributed by atoms with E-state index in [0.29, 0.717) is 22.6 Å². The number of pyridine rings is 1. The molecule has 0 atom stereocenters. The maximum atomic E-state index is 11.7. The summed E-state index contributed by atoms with van der Waals surface area (Å²) in [5.41, 5.74) is 2.46. The molecule has 4 aromatic rings. The van der Waals surface area contributed by atoms with E-state index in [9.17, 15) is 8.42 Å². The van der Waals surface area contributed by atoms with Crippen LogP contribution < -0.4 is 15.1 Å². The van der Waals surface area contributed by atoms with Gasteiger partial charge in [0.15, 0.2) is 15.5 Å². The van der Waals surface area contributed by atoms with Gasteiger partial charge in [0.1, 0.15) is 31.5 Å². The number of ether oxygens (including phenoxy) is 1. The number of sulfone groups is 1. The molecule has 33 heavy (non-hydrogen) atoms. The van der Waals surface area contributed by atoms with Gasteiger partial charge in [0, 0.05) is 38.4 Å². The maximum absolute atomic E-state index is 11.7. The second kappa shape index (κ2) is 8.47. The molecule has 1 saturated heterocycles. The van der Waals surface area contributed by atoms with Crippen LogP contribution >= 0.6 is 0 Å². The quantitative estimate of drug-likeness (QED) is 0.404. The Labute approximate surface area is 192 Å². The van der Waals surface area contributed by atoms with Crippen LogP contribution in [0.5, 0.6) is 5.88 Å². The SMILES string of the molecule is Bc1ccc(N2CCC(Oc3ncnc4c3cnn4-c3ccc(S(C)(=O)=O)cc3)CC2)nc1. The molecule has 0 aliphatic carbocycles. The topological polar surface area (TPSA) is 103 Å². The number of fused-ring (bicyclic) bond motifs is 1. The number of hydrogen-bond donors (Lipinski definition) is 0. The highest BCUT2D eigenvalue weighted by Gasteiger charge is 2.23. The highest BCUT2D eigenvalue weighted by Crippen LogP contribution is 2.27. The van der Waals surface area contributed by atoms with Crippen LogP contribution in [-0.2, 0) is 9.84 Å². The van der Waals surface area contributed by atoms with E-state index in [4.69, 9.17) is 4.74 Å². The van der Waals surface area contributed by atoms with Crippen molar-refractivity contribution in [3.63, 3.8) is 0 Å². The third kappa shape index (κ3) is 4.41. The monoisotopic (exact) mass is 462 g/mol. The summed E-state index contributed by atoms with van der Waals surface area (Å²) in [6.07, 6.45) is 7.99. The molecule has 5 rings (SSSR count). The van der Waals surface area contributed by atoms with Crippen LogP contribution in [0.1, 0.15) is 12.8 Å². The van der Waals surface area contributed by atoms with E-state index < -0.39 is 9.84 Å². The van der Waals surface area contributed by atoms with Gasteiger partial charge in [-0.25, -0.2) is 28.1 Å². The highest BCUT2D eigenvalue weighted by atomic mass is 32.2. The van der Waals surface area contributed by atoms with Gasteiger partial charge in [-0.05, 0) is 30.3 Å². The largest absolute Gasteiger partial charge is 0.474 e. The number of benzene rings is 1. The van der Waals surface area contributed by atoms with E-state index in [-0.39, 0.29) is 11.0 Å². The zero-order valence-electron chi connectivity index (χ0n) is 18.4. The minimum Gasteiger partial charge on any atom is -0.474 e. The van der Waals surface area contributed by atoms with E-state index >= 15 is 0 Å². The normalized spacial score (nSPS) is 15.1. The average Bonchev–Trinajstić information content (AvgIpc) is 3.25. The molecule has 1 fully saturated rings. The second-order valence-corrected chi connectivity index (χ2v) is 10.3. The zero-order chi connectivity index (χ0) is 23.0. The number of piperidine rings is 1. The Kier molecular flexibility index (Phi) is 5.49. The summed E-state index contributed by atoms with van der Waals surface area (Å²) in [5.74, 6) is 1.50. The van der Waals surface area contributed by atoms with Crippen molar-refractivity contribution in [3.8, 4) is 11.6 Å². The summed E-state index contributed by atoms with van der Waals surface area (Å²) in [4.78, 5) is 15.8. The third-order valence-corrected chi connectivity index (χ3v) is 6.91. The maximum Gasteiger partial charge on any atom is 0.228 e. The van der Waals surface area contributed by atoms with Crippen LogP contribution in [0, 0.1) is 0 Å². The Morgan fingerprint density at radius 1 is 1.00 bits per heavy atom. The summed E-state index contributed by atoms with van der Waals surface area (Å²) in [5, 5.41) is 5.15. The van der Waals surface area contributed by atoms with Gasteiger partial charge in [0.2, 0.25) is 5.88 Å². The van der Waals surface area contributed by atoms with Crippen molar-refractivity contribution in [3.05, 3.63) is 55.1 Å². The summed E-state index contributed by atoms with van der Waals surface area (Å²) >= 11 is 0. The first-order valence-corrected chi connectivity index (χ1v) is 12.6. The zero-order valence-corrected chi connectivity index (χ0v) is 19.2. The van der Waals surface area contributed by atoms with Gasteiger partial charge < -0.3 is 9.64 Å². The molecular formula is C22H23BN6O3S. The number of nitrogens with zero attached hydrogens (tertiary/aromatic N) is 6. The van der Waals surface area contributed by atoms with E-state index in [1.807, 2.05) is 14.0 Å². The fraction of sp³-hybridized carbons (Fsp3) is 0.273. The van der Waals surface area contributed by atoms with Crippen molar-refractivity contribution >= 4 is 40.0 Å². The first-order chi connectivity index (χ1) is 15.9. The van der Waals surface area contributed by atoms with E-state index in [1.165, 1.54) is 12.6 Å². The van der Waals surface area contributed by atoms with Crippen molar-refractivity contribution in [1.29, 1.82) is 0 Å². The van der Waals surface area contributed by atoms with E-state index in [1.54, 1.807) is 35.1 Å². The van der Waals surface area contributed by atoms with Gasteiger partial charge in [0.05, 0.1) is 16.8 Å². The smallest absolute Gasteiger partial charge is 0.228 e. The van der Waals surface area contributed by atoms with Gasteiger partial charge in [-0.2, -0.15) is 5.10 Å². The molecule has 1 aliphatic heterocycles. The molecule has 0 unspecified atom stereocenters. The molecule has 1 aliphatic rings. The number of aromatic nitrogens is 5. The van der Waals surface area contributed by atoms with Gasteiger partial charge in [-0.3, -0.25) is 0 Å².